The minimum Gasteiger partial charge on any atom is -0.281 e. The number of benzene rings is 1. The Kier molecular flexibility index (Phi) is 4.24. The Hall–Kier alpha value is -0.240. The van der Waals surface area contributed by atoms with Gasteiger partial charge in [-0.1, -0.05) is 36.2 Å². The third-order valence-electron chi connectivity index (χ3n) is 1.98. The number of hydrogen-bond donors (Lipinski definition) is 0. The van der Waals surface area contributed by atoms with Crippen molar-refractivity contribution in [1.82, 2.24) is 0 Å². The second-order valence-electron chi connectivity index (χ2n) is 3.13. The van der Waals surface area contributed by atoms with Crippen molar-refractivity contribution in [3.63, 3.8) is 0 Å². The summed E-state index contributed by atoms with van der Waals surface area (Å²) in [6.07, 6.45) is 0.305. The molecule has 1 rings (SSSR count). The first-order valence-electron chi connectivity index (χ1n) is 4.14. The van der Waals surface area contributed by atoms with Crippen LogP contribution in [0.15, 0.2) is 18.2 Å². The van der Waals surface area contributed by atoms with Gasteiger partial charge < -0.3 is 0 Å². The fourth-order valence-electron chi connectivity index (χ4n) is 1.18. The standard InChI is InChI=1S/C10H9Cl3O/c1-6(4-10(13)14)7-2-3-8(11)9(12)5-7/h2-3,5-6H,4H2,1H3. The minimum absolute atomic E-state index is 0.0646. The second kappa shape index (κ2) is 5.01. The van der Waals surface area contributed by atoms with E-state index in [1.807, 2.05) is 13.0 Å². The first-order valence-corrected chi connectivity index (χ1v) is 5.27. The van der Waals surface area contributed by atoms with Crippen molar-refractivity contribution in [3.8, 4) is 0 Å². The molecule has 0 heterocycles. The van der Waals surface area contributed by atoms with Gasteiger partial charge in [0.05, 0.1) is 10.0 Å². The van der Waals surface area contributed by atoms with Crippen LogP contribution in [0.25, 0.3) is 0 Å². The first kappa shape index (κ1) is 11.8. The lowest BCUT2D eigenvalue weighted by atomic mass is 9.99. The van der Waals surface area contributed by atoms with Gasteiger partial charge in [0.15, 0.2) is 0 Å². The maximum absolute atomic E-state index is 10.7. The van der Waals surface area contributed by atoms with E-state index in [1.54, 1.807) is 12.1 Å². The molecule has 0 aromatic heterocycles. The fourth-order valence-corrected chi connectivity index (χ4v) is 1.72. The van der Waals surface area contributed by atoms with Crippen LogP contribution in [0.5, 0.6) is 0 Å². The molecule has 1 nitrogen and oxygen atoms in total. The van der Waals surface area contributed by atoms with E-state index in [9.17, 15) is 4.79 Å². The van der Waals surface area contributed by atoms with E-state index in [1.165, 1.54) is 0 Å². The van der Waals surface area contributed by atoms with Gasteiger partial charge in [-0.25, -0.2) is 0 Å². The molecule has 1 aromatic rings. The maximum Gasteiger partial charge on any atom is 0.222 e. The van der Waals surface area contributed by atoms with Gasteiger partial charge in [0.2, 0.25) is 5.24 Å². The van der Waals surface area contributed by atoms with E-state index in [0.29, 0.717) is 16.5 Å². The third-order valence-corrected chi connectivity index (χ3v) is 2.87. The summed E-state index contributed by atoms with van der Waals surface area (Å²) in [6.45, 7) is 1.92. The van der Waals surface area contributed by atoms with Crippen molar-refractivity contribution in [2.45, 2.75) is 19.3 Å². The molecule has 0 fully saturated rings. The summed E-state index contributed by atoms with van der Waals surface area (Å²) in [4.78, 5) is 10.7. The quantitative estimate of drug-likeness (QED) is 0.734. The van der Waals surface area contributed by atoms with Crippen LogP contribution < -0.4 is 0 Å². The van der Waals surface area contributed by atoms with Crippen molar-refractivity contribution in [2.24, 2.45) is 0 Å². The van der Waals surface area contributed by atoms with Crippen LogP contribution >= 0.6 is 34.8 Å². The lowest BCUT2D eigenvalue weighted by molar-refractivity contribution is -0.111. The molecule has 0 bridgehead atoms. The smallest absolute Gasteiger partial charge is 0.222 e. The Bertz CT molecular complexity index is 349. The van der Waals surface area contributed by atoms with E-state index in [2.05, 4.69) is 0 Å². The van der Waals surface area contributed by atoms with Gasteiger partial charge in [0.25, 0.3) is 0 Å². The highest BCUT2D eigenvalue weighted by Gasteiger charge is 2.10. The van der Waals surface area contributed by atoms with Gasteiger partial charge in [0, 0.05) is 6.42 Å². The molecule has 14 heavy (non-hydrogen) atoms. The molecule has 76 valence electrons. The predicted octanol–water partition coefficient (Wildman–Crippen LogP) is 4.25. The Morgan fingerprint density at radius 1 is 1.36 bits per heavy atom. The number of hydrogen-bond acceptors (Lipinski definition) is 1. The molecular weight excluding hydrogens is 242 g/mol. The van der Waals surface area contributed by atoms with Gasteiger partial charge in [-0.3, -0.25) is 4.79 Å². The van der Waals surface area contributed by atoms with Crippen LogP contribution in [-0.2, 0) is 4.79 Å². The Morgan fingerprint density at radius 3 is 2.50 bits per heavy atom. The summed E-state index contributed by atoms with van der Waals surface area (Å²) < 4.78 is 0. The molecule has 0 aliphatic heterocycles. The SMILES string of the molecule is CC(CC(=O)Cl)c1ccc(Cl)c(Cl)c1. The van der Waals surface area contributed by atoms with Gasteiger partial charge in [-0.2, -0.15) is 0 Å². The average molecular weight is 252 g/mol. The molecule has 0 saturated carbocycles. The zero-order chi connectivity index (χ0) is 10.7. The molecule has 1 atom stereocenters. The van der Waals surface area contributed by atoms with Gasteiger partial charge in [0.1, 0.15) is 0 Å². The summed E-state index contributed by atoms with van der Waals surface area (Å²) in [7, 11) is 0. The molecule has 0 spiro atoms. The molecule has 1 aromatic carbocycles. The Morgan fingerprint density at radius 2 is 2.00 bits per heavy atom. The Labute approximate surface area is 98.0 Å². The molecule has 0 radical (unpaired) electrons. The molecule has 1 unspecified atom stereocenters. The van der Waals surface area contributed by atoms with Crippen LogP contribution in [0.1, 0.15) is 24.8 Å². The molecular formula is C10H9Cl3O. The number of rotatable bonds is 3. The third kappa shape index (κ3) is 3.16. The van der Waals surface area contributed by atoms with Gasteiger partial charge in [-0.15, -0.1) is 0 Å². The van der Waals surface area contributed by atoms with Crippen molar-refractivity contribution < 1.29 is 4.79 Å². The number of halogens is 3. The summed E-state index contributed by atoms with van der Waals surface area (Å²) in [5.41, 5.74) is 0.966. The molecule has 0 saturated heterocycles. The van der Waals surface area contributed by atoms with Crippen LogP contribution in [-0.4, -0.2) is 5.24 Å². The molecule has 0 N–H and O–H groups in total. The maximum atomic E-state index is 10.7. The van der Waals surface area contributed by atoms with Crippen LogP contribution in [0.3, 0.4) is 0 Å². The molecule has 0 aliphatic carbocycles. The fraction of sp³-hybridized carbons (Fsp3) is 0.300. The average Bonchev–Trinajstić information content (AvgIpc) is 2.08. The van der Waals surface area contributed by atoms with Crippen molar-refractivity contribution in [1.29, 1.82) is 0 Å². The molecule has 0 aliphatic rings. The normalized spacial score (nSPS) is 12.6. The van der Waals surface area contributed by atoms with Crippen LogP contribution in [0.2, 0.25) is 10.0 Å². The zero-order valence-corrected chi connectivity index (χ0v) is 9.83. The summed E-state index contributed by atoms with van der Waals surface area (Å²) in [6, 6.07) is 5.32. The van der Waals surface area contributed by atoms with Crippen molar-refractivity contribution in [3.05, 3.63) is 33.8 Å². The van der Waals surface area contributed by atoms with Crippen molar-refractivity contribution >= 4 is 40.0 Å². The van der Waals surface area contributed by atoms with E-state index in [-0.39, 0.29) is 11.2 Å². The van der Waals surface area contributed by atoms with E-state index in [0.717, 1.165) is 5.56 Å². The largest absolute Gasteiger partial charge is 0.281 e. The highest BCUT2D eigenvalue weighted by Crippen LogP contribution is 2.28. The molecule has 4 heteroatoms. The lowest BCUT2D eigenvalue weighted by Crippen LogP contribution is -1.98. The van der Waals surface area contributed by atoms with Crippen LogP contribution in [0.4, 0.5) is 0 Å². The monoisotopic (exact) mass is 250 g/mol. The van der Waals surface area contributed by atoms with E-state index < -0.39 is 0 Å². The summed E-state index contributed by atoms with van der Waals surface area (Å²) in [5, 5.41) is 0.668. The zero-order valence-electron chi connectivity index (χ0n) is 7.56. The van der Waals surface area contributed by atoms with Crippen LogP contribution in [0, 0.1) is 0 Å². The summed E-state index contributed by atoms with van der Waals surface area (Å²) in [5.74, 6) is 0.0646. The predicted molar refractivity (Wildman–Crippen MR) is 60.4 cm³/mol. The number of carbonyl (C=O) groups excluding carboxylic acids is 1. The lowest BCUT2D eigenvalue weighted by Gasteiger charge is -2.09. The van der Waals surface area contributed by atoms with Gasteiger partial charge >= 0.3 is 0 Å². The second-order valence-corrected chi connectivity index (χ2v) is 4.37. The van der Waals surface area contributed by atoms with E-state index >= 15 is 0 Å². The highest BCUT2D eigenvalue weighted by molar-refractivity contribution is 6.63. The topological polar surface area (TPSA) is 17.1 Å². The number of carbonyl (C=O) groups is 1. The highest BCUT2D eigenvalue weighted by atomic mass is 35.5. The van der Waals surface area contributed by atoms with Gasteiger partial charge in [-0.05, 0) is 35.2 Å². The summed E-state index contributed by atoms with van der Waals surface area (Å²) >= 11 is 16.9. The van der Waals surface area contributed by atoms with Crippen molar-refractivity contribution in [2.75, 3.05) is 0 Å². The minimum atomic E-state index is -0.344. The first-order chi connectivity index (χ1) is 6.50. The molecule has 0 amide bonds. The Balaban J connectivity index is 2.85. The van der Waals surface area contributed by atoms with E-state index in [4.69, 9.17) is 34.8 Å².